The van der Waals surface area contributed by atoms with Gasteiger partial charge in [0.2, 0.25) is 0 Å². The lowest BCUT2D eigenvalue weighted by Crippen LogP contribution is -2.00. The van der Waals surface area contributed by atoms with Crippen LogP contribution in [0.3, 0.4) is 0 Å². The lowest BCUT2D eigenvalue weighted by Gasteiger charge is -2.11. The summed E-state index contributed by atoms with van der Waals surface area (Å²) in [6.45, 7) is 0.483. The molecule has 0 radical (unpaired) electrons. The van der Waals surface area contributed by atoms with E-state index in [2.05, 4.69) is 5.16 Å². The summed E-state index contributed by atoms with van der Waals surface area (Å²) in [6.07, 6.45) is 3.23. The van der Waals surface area contributed by atoms with Gasteiger partial charge in [-0.15, -0.1) is 5.16 Å². The van der Waals surface area contributed by atoms with Crippen LogP contribution in [0.25, 0.3) is 0 Å². The zero-order chi connectivity index (χ0) is 15.0. The molecule has 0 heterocycles. The molecule has 1 aromatic rings. The SMILES string of the molecule is O/N=C/CCOc1c(Cl)cc(OCC=C(Cl)Cl)cc1Cl. The van der Waals surface area contributed by atoms with E-state index in [4.69, 9.17) is 61.1 Å². The zero-order valence-corrected chi connectivity index (χ0v) is 13.2. The number of hydrogen-bond acceptors (Lipinski definition) is 4. The minimum Gasteiger partial charge on any atom is -0.490 e. The van der Waals surface area contributed by atoms with Crippen molar-refractivity contribution in [2.75, 3.05) is 13.2 Å². The maximum Gasteiger partial charge on any atom is 0.156 e. The summed E-state index contributed by atoms with van der Waals surface area (Å²) in [4.78, 5) is 0. The Labute approximate surface area is 136 Å². The molecule has 0 aliphatic heterocycles. The van der Waals surface area contributed by atoms with Crippen LogP contribution in [0.4, 0.5) is 0 Å². The Bertz CT molecular complexity index is 478. The Kier molecular flexibility index (Phi) is 7.92. The fourth-order valence-corrected chi connectivity index (χ4v) is 1.93. The number of benzene rings is 1. The maximum absolute atomic E-state index is 8.25. The second-order valence-electron chi connectivity index (χ2n) is 3.46. The molecule has 0 aromatic heterocycles. The molecular weight excluding hydrogens is 348 g/mol. The Hall–Kier alpha value is -0.810. The molecule has 0 fully saturated rings. The molecule has 0 atom stereocenters. The van der Waals surface area contributed by atoms with Crippen molar-refractivity contribution >= 4 is 52.6 Å². The smallest absolute Gasteiger partial charge is 0.156 e. The van der Waals surface area contributed by atoms with Gasteiger partial charge in [0.15, 0.2) is 5.75 Å². The van der Waals surface area contributed by atoms with Crippen LogP contribution in [-0.2, 0) is 0 Å². The van der Waals surface area contributed by atoms with E-state index in [1.54, 1.807) is 12.1 Å². The molecule has 0 aliphatic carbocycles. The summed E-state index contributed by atoms with van der Waals surface area (Å²) >= 11 is 23.0. The Morgan fingerprint density at radius 1 is 1.20 bits per heavy atom. The van der Waals surface area contributed by atoms with Crippen molar-refractivity contribution in [1.82, 2.24) is 0 Å². The van der Waals surface area contributed by atoms with E-state index >= 15 is 0 Å². The van der Waals surface area contributed by atoms with Gasteiger partial charge in [-0.2, -0.15) is 0 Å². The fraction of sp³-hybridized carbons (Fsp3) is 0.250. The third kappa shape index (κ3) is 6.09. The predicted molar refractivity (Wildman–Crippen MR) is 82.1 cm³/mol. The van der Waals surface area contributed by atoms with E-state index in [1.807, 2.05) is 0 Å². The highest BCUT2D eigenvalue weighted by Gasteiger charge is 2.10. The summed E-state index contributed by atoms with van der Waals surface area (Å²) in [7, 11) is 0. The van der Waals surface area contributed by atoms with E-state index < -0.39 is 0 Å². The molecule has 1 rings (SSSR count). The molecule has 1 N–H and O–H groups in total. The van der Waals surface area contributed by atoms with Crippen LogP contribution in [0.2, 0.25) is 10.0 Å². The molecule has 0 spiro atoms. The van der Waals surface area contributed by atoms with Gasteiger partial charge in [-0.05, 0) is 6.08 Å². The Morgan fingerprint density at radius 3 is 2.40 bits per heavy atom. The summed E-state index contributed by atoms with van der Waals surface area (Å²) in [6, 6.07) is 3.14. The molecule has 8 heteroatoms. The van der Waals surface area contributed by atoms with Gasteiger partial charge in [-0.1, -0.05) is 46.4 Å². The standard InChI is InChI=1S/C12H11Cl4NO3/c13-9-6-8(19-5-2-11(15)16)7-10(14)12(9)20-4-1-3-17-18/h2-3,6-7,18H,1,4-5H2/b17-3+. The van der Waals surface area contributed by atoms with Gasteiger partial charge in [0.05, 0.1) is 16.7 Å². The Morgan fingerprint density at radius 2 is 1.85 bits per heavy atom. The summed E-state index contributed by atoms with van der Waals surface area (Å²) in [5.74, 6) is 0.813. The molecule has 0 saturated heterocycles. The van der Waals surface area contributed by atoms with Gasteiger partial charge in [-0.25, -0.2) is 0 Å². The number of rotatable bonds is 7. The van der Waals surface area contributed by atoms with Gasteiger partial charge in [0.25, 0.3) is 0 Å². The van der Waals surface area contributed by atoms with Crippen molar-refractivity contribution in [2.45, 2.75) is 6.42 Å². The van der Waals surface area contributed by atoms with E-state index in [0.29, 0.717) is 28.0 Å². The molecule has 1 aromatic carbocycles. The van der Waals surface area contributed by atoms with Crippen molar-refractivity contribution in [3.63, 3.8) is 0 Å². The van der Waals surface area contributed by atoms with Crippen LogP contribution in [0, 0.1) is 0 Å². The van der Waals surface area contributed by atoms with E-state index in [0.717, 1.165) is 0 Å². The largest absolute Gasteiger partial charge is 0.490 e. The van der Waals surface area contributed by atoms with Gasteiger partial charge < -0.3 is 14.7 Å². The zero-order valence-electron chi connectivity index (χ0n) is 10.2. The quantitative estimate of drug-likeness (QED) is 0.325. The van der Waals surface area contributed by atoms with Crippen molar-refractivity contribution in [2.24, 2.45) is 5.16 Å². The molecule has 0 amide bonds. The number of nitrogens with zero attached hydrogens (tertiary/aromatic N) is 1. The van der Waals surface area contributed by atoms with Gasteiger partial charge in [-0.3, -0.25) is 0 Å². The van der Waals surface area contributed by atoms with Crippen molar-refractivity contribution in [1.29, 1.82) is 0 Å². The minimum atomic E-state index is 0.118. The average molecular weight is 359 g/mol. The first kappa shape index (κ1) is 17.2. The summed E-state index contributed by atoms with van der Waals surface area (Å²) in [5.41, 5.74) is 0. The third-order valence-corrected chi connectivity index (χ3v) is 2.90. The van der Waals surface area contributed by atoms with Gasteiger partial charge >= 0.3 is 0 Å². The van der Waals surface area contributed by atoms with Crippen molar-refractivity contribution in [3.05, 3.63) is 32.7 Å². The van der Waals surface area contributed by atoms with Crippen molar-refractivity contribution < 1.29 is 14.7 Å². The average Bonchev–Trinajstić information content (AvgIpc) is 2.36. The van der Waals surface area contributed by atoms with E-state index in [-0.39, 0.29) is 17.7 Å². The lowest BCUT2D eigenvalue weighted by molar-refractivity contribution is 0.310. The second-order valence-corrected chi connectivity index (χ2v) is 5.28. The topological polar surface area (TPSA) is 51.1 Å². The molecule has 110 valence electrons. The predicted octanol–water partition coefficient (Wildman–Crippen LogP) is 4.92. The lowest BCUT2D eigenvalue weighted by atomic mass is 10.3. The molecule has 0 unspecified atom stereocenters. The van der Waals surface area contributed by atoms with Gasteiger partial charge in [0.1, 0.15) is 16.8 Å². The highest BCUT2D eigenvalue weighted by Crippen LogP contribution is 2.37. The second kappa shape index (κ2) is 9.19. The highest BCUT2D eigenvalue weighted by atomic mass is 35.5. The summed E-state index contributed by atoms with van der Waals surface area (Å²) < 4.78 is 10.9. The number of oxime groups is 1. The first-order chi connectivity index (χ1) is 9.54. The van der Waals surface area contributed by atoms with Crippen LogP contribution in [0.15, 0.2) is 27.9 Å². The number of ether oxygens (including phenoxy) is 2. The van der Waals surface area contributed by atoms with Gasteiger partial charge in [0, 0.05) is 24.8 Å². The summed E-state index contributed by atoms with van der Waals surface area (Å²) in [5, 5.41) is 11.7. The van der Waals surface area contributed by atoms with E-state index in [9.17, 15) is 0 Å². The van der Waals surface area contributed by atoms with E-state index in [1.165, 1.54) is 12.3 Å². The van der Waals surface area contributed by atoms with Crippen LogP contribution < -0.4 is 9.47 Å². The van der Waals surface area contributed by atoms with Crippen molar-refractivity contribution in [3.8, 4) is 11.5 Å². The molecule has 0 saturated carbocycles. The monoisotopic (exact) mass is 357 g/mol. The molecule has 4 nitrogen and oxygen atoms in total. The fourth-order valence-electron chi connectivity index (χ4n) is 1.23. The number of hydrogen-bond donors (Lipinski definition) is 1. The molecular formula is C12H11Cl4NO3. The van der Waals surface area contributed by atoms with Crippen LogP contribution in [0.5, 0.6) is 11.5 Å². The van der Waals surface area contributed by atoms with Crippen LogP contribution in [0.1, 0.15) is 6.42 Å². The molecule has 20 heavy (non-hydrogen) atoms. The Balaban J connectivity index is 2.68. The van der Waals surface area contributed by atoms with Crippen LogP contribution >= 0.6 is 46.4 Å². The normalized spacial score (nSPS) is 10.6. The third-order valence-electron chi connectivity index (χ3n) is 2.03. The van der Waals surface area contributed by atoms with Crippen LogP contribution in [-0.4, -0.2) is 24.6 Å². The maximum atomic E-state index is 8.25. The first-order valence-electron chi connectivity index (χ1n) is 5.46. The highest BCUT2D eigenvalue weighted by molar-refractivity contribution is 6.55. The minimum absolute atomic E-state index is 0.118. The number of halogens is 4. The molecule has 0 aliphatic rings. The molecule has 0 bridgehead atoms. The first-order valence-corrected chi connectivity index (χ1v) is 6.97.